The van der Waals surface area contributed by atoms with Gasteiger partial charge in [0.25, 0.3) is 0 Å². The molecule has 3 N–H and O–H groups in total. The van der Waals surface area contributed by atoms with Crippen LogP contribution < -0.4 is 10.6 Å². The van der Waals surface area contributed by atoms with Gasteiger partial charge in [-0.3, -0.25) is 9.59 Å². The third kappa shape index (κ3) is 6.39. The molecule has 0 aromatic heterocycles. The number of rotatable bonds is 10. The fourth-order valence-corrected chi connectivity index (χ4v) is 4.78. The summed E-state index contributed by atoms with van der Waals surface area (Å²) in [4.78, 5) is 25.2. The van der Waals surface area contributed by atoms with Crippen LogP contribution >= 0.6 is 0 Å². The largest absolute Gasteiger partial charge is 0.393 e. The van der Waals surface area contributed by atoms with Crippen LogP contribution in [0.4, 0.5) is 0 Å². The summed E-state index contributed by atoms with van der Waals surface area (Å²) in [5.74, 6) is 0.754. The van der Waals surface area contributed by atoms with E-state index in [1.54, 1.807) is 13.8 Å². The third-order valence-electron chi connectivity index (χ3n) is 6.97. The zero-order valence-electron chi connectivity index (χ0n) is 19.1. The summed E-state index contributed by atoms with van der Waals surface area (Å²) >= 11 is 0. The van der Waals surface area contributed by atoms with Crippen molar-refractivity contribution in [1.29, 1.82) is 0 Å². The summed E-state index contributed by atoms with van der Waals surface area (Å²) in [5, 5.41) is 16.3. The topological polar surface area (TPSA) is 78.4 Å². The summed E-state index contributed by atoms with van der Waals surface area (Å²) < 4.78 is 0. The van der Waals surface area contributed by atoms with Crippen LogP contribution in [0.2, 0.25) is 0 Å². The molecule has 0 heterocycles. The van der Waals surface area contributed by atoms with Crippen LogP contribution in [-0.2, 0) is 9.59 Å². The maximum atomic E-state index is 12.9. The number of allylic oxidation sites excluding steroid dienone is 1. The number of hydrogen-bond donors (Lipinski definition) is 3. The van der Waals surface area contributed by atoms with E-state index in [4.69, 9.17) is 0 Å². The average Bonchev–Trinajstić information content (AvgIpc) is 2.69. The standard InChI is InChI=1S/C24H42N2O3/c1-6-19-20-11-8-7-10-18(20)14-22(23(19)28)25-13-9-12-21(15(2)3)26-24(29)16(4)17(5)27/h15-18,21-22,25,27H,6-14H2,1-5H3,(H,26,29). The SMILES string of the molecule is CCC1=C2CCCCC2CC(NCCCC(NC(=O)C(C)C(C)O)C(C)C)C1=O. The van der Waals surface area contributed by atoms with Gasteiger partial charge in [-0.05, 0) is 75.8 Å². The predicted molar refractivity (Wildman–Crippen MR) is 118 cm³/mol. The van der Waals surface area contributed by atoms with Crippen LogP contribution in [0.25, 0.3) is 0 Å². The molecule has 0 saturated heterocycles. The average molecular weight is 407 g/mol. The van der Waals surface area contributed by atoms with E-state index in [0.29, 0.717) is 17.6 Å². The van der Waals surface area contributed by atoms with Gasteiger partial charge in [0, 0.05) is 6.04 Å². The molecule has 1 amide bonds. The molecule has 5 atom stereocenters. The number of carbonyl (C=O) groups is 2. The van der Waals surface area contributed by atoms with Gasteiger partial charge in [-0.25, -0.2) is 0 Å². The zero-order chi connectivity index (χ0) is 21.6. The van der Waals surface area contributed by atoms with Crippen LogP contribution in [0.15, 0.2) is 11.1 Å². The molecule has 1 fully saturated rings. The number of fused-ring (bicyclic) bond motifs is 1. The van der Waals surface area contributed by atoms with Gasteiger partial charge in [-0.2, -0.15) is 0 Å². The lowest BCUT2D eigenvalue weighted by atomic mass is 9.71. The molecular formula is C24H42N2O3. The number of hydrogen-bond acceptors (Lipinski definition) is 4. The van der Waals surface area contributed by atoms with Crippen molar-refractivity contribution in [3.8, 4) is 0 Å². The molecule has 5 nitrogen and oxygen atoms in total. The molecule has 5 unspecified atom stereocenters. The van der Waals surface area contributed by atoms with Crippen LogP contribution in [-0.4, -0.2) is 41.5 Å². The van der Waals surface area contributed by atoms with Crippen LogP contribution in [0.3, 0.4) is 0 Å². The Morgan fingerprint density at radius 1 is 1.21 bits per heavy atom. The van der Waals surface area contributed by atoms with E-state index in [2.05, 4.69) is 31.4 Å². The fourth-order valence-electron chi connectivity index (χ4n) is 4.78. The van der Waals surface area contributed by atoms with Crippen molar-refractivity contribution in [2.45, 2.75) is 104 Å². The van der Waals surface area contributed by atoms with Gasteiger partial charge in [0.2, 0.25) is 5.91 Å². The van der Waals surface area contributed by atoms with E-state index in [-0.39, 0.29) is 18.0 Å². The van der Waals surface area contributed by atoms with E-state index in [9.17, 15) is 14.7 Å². The van der Waals surface area contributed by atoms with Crippen molar-refractivity contribution >= 4 is 11.7 Å². The second kappa shape index (κ2) is 11.3. The quantitative estimate of drug-likeness (QED) is 0.483. The van der Waals surface area contributed by atoms with Gasteiger partial charge in [-0.1, -0.05) is 39.7 Å². The van der Waals surface area contributed by atoms with Gasteiger partial charge in [0.15, 0.2) is 5.78 Å². The first-order valence-electron chi connectivity index (χ1n) is 11.7. The molecule has 5 heteroatoms. The number of aliphatic hydroxyl groups is 1. The third-order valence-corrected chi connectivity index (χ3v) is 6.97. The number of aliphatic hydroxyl groups excluding tert-OH is 1. The molecule has 166 valence electrons. The molecule has 2 aliphatic carbocycles. The predicted octanol–water partition coefficient (Wildman–Crippen LogP) is 3.75. The van der Waals surface area contributed by atoms with Gasteiger partial charge in [0.1, 0.15) is 0 Å². The summed E-state index contributed by atoms with van der Waals surface area (Å²) in [7, 11) is 0. The van der Waals surface area contributed by atoms with Gasteiger partial charge >= 0.3 is 0 Å². The highest BCUT2D eigenvalue weighted by molar-refractivity contribution is 6.01. The molecule has 2 rings (SSSR count). The van der Waals surface area contributed by atoms with Crippen LogP contribution in [0.1, 0.15) is 86.0 Å². The second-order valence-corrected chi connectivity index (χ2v) is 9.44. The van der Waals surface area contributed by atoms with E-state index >= 15 is 0 Å². The Kier molecular flexibility index (Phi) is 9.35. The Labute approximate surface area is 177 Å². The molecule has 0 aromatic carbocycles. The fraction of sp³-hybridized carbons (Fsp3) is 0.833. The lowest BCUT2D eigenvalue weighted by Gasteiger charge is -2.36. The summed E-state index contributed by atoms with van der Waals surface area (Å²) in [6.45, 7) is 10.5. The smallest absolute Gasteiger partial charge is 0.225 e. The van der Waals surface area contributed by atoms with Gasteiger partial charge in [-0.15, -0.1) is 0 Å². The Morgan fingerprint density at radius 2 is 1.93 bits per heavy atom. The first-order chi connectivity index (χ1) is 13.8. The molecule has 0 aliphatic heterocycles. The van der Waals surface area contributed by atoms with Crippen molar-refractivity contribution in [2.75, 3.05) is 6.54 Å². The molecule has 0 spiro atoms. The molecule has 29 heavy (non-hydrogen) atoms. The summed E-state index contributed by atoms with van der Waals surface area (Å²) in [6.07, 6.45) is 7.81. The lowest BCUT2D eigenvalue weighted by molar-refractivity contribution is -0.128. The first-order valence-corrected chi connectivity index (χ1v) is 11.7. The monoisotopic (exact) mass is 406 g/mol. The summed E-state index contributed by atoms with van der Waals surface area (Å²) in [5.41, 5.74) is 2.55. The summed E-state index contributed by atoms with van der Waals surface area (Å²) in [6, 6.07) is 0.0442. The van der Waals surface area contributed by atoms with Crippen molar-refractivity contribution in [2.24, 2.45) is 17.8 Å². The molecule has 0 aromatic rings. The maximum absolute atomic E-state index is 12.9. The van der Waals surface area contributed by atoms with Crippen molar-refractivity contribution in [3.63, 3.8) is 0 Å². The normalized spacial score (nSPS) is 25.6. The molecule has 2 aliphatic rings. The number of Topliss-reactive ketones (excluding diaryl/α,β-unsaturated/α-hetero) is 1. The number of carbonyl (C=O) groups excluding carboxylic acids is 2. The van der Waals surface area contributed by atoms with Crippen LogP contribution in [0.5, 0.6) is 0 Å². The van der Waals surface area contributed by atoms with Crippen LogP contribution in [0, 0.1) is 17.8 Å². The van der Waals surface area contributed by atoms with Crippen molar-refractivity contribution in [3.05, 3.63) is 11.1 Å². The first kappa shape index (κ1) is 24.1. The minimum absolute atomic E-state index is 0.0425. The Morgan fingerprint density at radius 3 is 2.55 bits per heavy atom. The highest BCUT2D eigenvalue weighted by Gasteiger charge is 2.35. The van der Waals surface area contributed by atoms with E-state index in [0.717, 1.165) is 44.2 Å². The van der Waals surface area contributed by atoms with E-state index in [1.165, 1.54) is 24.8 Å². The van der Waals surface area contributed by atoms with Crippen molar-refractivity contribution in [1.82, 2.24) is 10.6 Å². The number of amides is 1. The Bertz CT molecular complexity index is 597. The molecule has 1 saturated carbocycles. The number of ketones is 1. The highest BCUT2D eigenvalue weighted by atomic mass is 16.3. The molecular weight excluding hydrogens is 364 g/mol. The minimum Gasteiger partial charge on any atom is -0.393 e. The number of nitrogens with one attached hydrogen (secondary N) is 2. The van der Waals surface area contributed by atoms with E-state index < -0.39 is 12.0 Å². The van der Waals surface area contributed by atoms with Crippen molar-refractivity contribution < 1.29 is 14.7 Å². The Balaban J connectivity index is 1.84. The van der Waals surface area contributed by atoms with E-state index in [1.807, 2.05) is 0 Å². The lowest BCUT2D eigenvalue weighted by Crippen LogP contribution is -2.45. The Hall–Kier alpha value is -1.20. The maximum Gasteiger partial charge on any atom is 0.225 e. The second-order valence-electron chi connectivity index (χ2n) is 9.44. The zero-order valence-corrected chi connectivity index (χ0v) is 19.1. The minimum atomic E-state index is -0.646. The van der Waals surface area contributed by atoms with Gasteiger partial charge < -0.3 is 15.7 Å². The molecule has 0 radical (unpaired) electrons. The molecule has 0 bridgehead atoms. The highest BCUT2D eigenvalue weighted by Crippen LogP contribution is 2.39. The van der Waals surface area contributed by atoms with Gasteiger partial charge in [0.05, 0.1) is 18.1 Å².